The molecule has 0 spiro atoms. The molecule has 0 aromatic heterocycles. The third kappa shape index (κ3) is 4.64. The molecule has 1 heterocycles. The first-order valence-corrected chi connectivity index (χ1v) is 12.6. The summed E-state index contributed by atoms with van der Waals surface area (Å²) in [5, 5.41) is 1.50. The van der Waals surface area contributed by atoms with Crippen LogP contribution in [0.3, 0.4) is 0 Å². The molecule has 170 valence electrons. The van der Waals surface area contributed by atoms with Crippen molar-refractivity contribution < 1.29 is 14.3 Å². The number of hydrogen-bond acceptors (Lipinski definition) is 4. The van der Waals surface area contributed by atoms with Crippen molar-refractivity contribution >= 4 is 34.3 Å². The van der Waals surface area contributed by atoms with Crippen molar-refractivity contribution in [2.24, 2.45) is 0 Å². The summed E-state index contributed by atoms with van der Waals surface area (Å²) in [6.07, 6.45) is 1.49. The number of ketones is 1. The summed E-state index contributed by atoms with van der Waals surface area (Å²) in [5.41, 5.74) is 2.23. The Kier molecular flexibility index (Phi) is 6.50. The van der Waals surface area contributed by atoms with Crippen LogP contribution in [-0.2, 0) is 32.1 Å². The average Bonchev–Trinajstić information content (AvgIpc) is 2.88. The Morgan fingerprint density at radius 2 is 1.47 bits per heavy atom. The van der Waals surface area contributed by atoms with Crippen molar-refractivity contribution in [3.8, 4) is 0 Å². The van der Waals surface area contributed by atoms with Crippen LogP contribution in [0.4, 0.5) is 0 Å². The summed E-state index contributed by atoms with van der Waals surface area (Å²) in [6, 6.07) is 34.1. The average molecular weight is 467 g/mol. The van der Waals surface area contributed by atoms with Gasteiger partial charge in [-0.3, -0.25) is 9.59 Å². The number of cyclic esters (lactones) is 1. The van der Waals surface area contributed by atoms with Gasteiger partial charge in [0.25, 0.3) is 0 Å². The predicted molar refractivity (Wildman–Crippen MR) is 138 cm³/mol. The molecule has 1 aliphatic heterocycles. The van der Waals surface area contributed by atoms with E-state index in [0.29, 0.717) is 12.2 Å². The van der Waals surface area contributed by atoms with Crippen LogP contribution in [0.2, 0.25) is 0 Å². The van der Waals surface area contributed by atoms with Gasteiger partial charge in [0.05, 0.1) is 6.42 Å². The number of carbonyl (C=O) groups is 2. The van der Waals surface area contributed by atoms with Gasteiger partial charge in [-0.1, -0.05) is 103 Å². The third-order valence-electron chi connectivity index (χ3n) is 6.51. The molecular formula is C30H26O3S. The van der Waals surface area contributed by atoms with Crippen LogP contribution >= 0.6 is 11.8 Å². The van der Waals surface area contributed by atoms with Gasteiger partial charge in [0.1, 0.15) is 5.60 Å². The molecule has 0 N–H and O–H groups in total. The first-order chi connectivity index (χ1) is 16.6. The number of rotatable bonds is 7. The maximum atomic E-state index is 13.4. The quantitative estimate of drug-likeness (QED) is 0.231. The maximum absolute atomic E-state index is 13.4. The summed E-state index contributed by atoms with van der Waals surface area (Å²) in [6.45, 7) is 0. The fraction of sp³-hybridized carbons (Fsp3) is 0.200. The lowest BCUT2D eigenvalue weighted by Gasteiger charge is -2.39. The topological polar surface area (TPSA) is 43.4 Å². The van der Waals surface area contributed by atoms with E-state index in [1.165, 1.54) is 11.8 Å². The monoisotopic (exact) mass is 466 g/mol. The lowest BCUT2D eigenvalue weighted by molar-refractivity contribution is -0.171. The zero-order valence-corrected chi connectivity index (χ0v) is 19.7. The van der Waals surface area contributed by atoms with Gasteiger partial charge in [-0.15, -0.1) is 11.8 Å². The zero-order chi connectivity index (χ0) is 23.4. The molecule has 4 aromatic carbocycles. The molecule has 0 radical (unpaired) electrons. The number of thioether (sulfide) groups is 1. The van der Waals surface area contributed by atoms with Crippen molar-refractivity contribution in [1.29, 1.82) is 0 Å². The van der Waals surface area contributed by atoms with Gasteiger partial charge in [-0.2, -0.15) is 0 Å². The minimum absolute atomic E-state index is 0.0570. The molecule has 5 rings (SSSR count). The van der Waals surface area contributed by atoms with Gasteiger partial charge in [-0.25, -0.2) is 0 Å². The number of carbonyl (C=O) groups excluding carboxylic acids is 2. The van der Waals surface area contributed by atoms with Crippen LogP contribution in [0.15, 0.2) is 103 Å². The molecular weight excluding hydrogens is 440 g/mol. The minimum Gasteiger partial charge on any atom is -0.453 e. The number of esters is 1. The Morgan fingerprint density at radius 1 is 0.794 bits per heavy atom. The van der Waals surface area contributed by atoms with E-state index in [9.17, 15) is 9.59 Å². The molecule has 0 amide bonds. The lowest BCUT2D eigenvalue weighted by atomic mass is 9.81. The highest BCUT2D eigenvalue weighted by Crippen LogP contribution is 2.41. The maximum Gasteiger partial charge on any atom is 0.327 e. The van der Waals surface area contributed by atoms with Gasteiger partial charge in [0, 0.05) is 5.75 Å². The van der Waals surface area contributed by atoms with E-state index in [1.54, 1.807) is 0 Å². The Morgan fingerprint density at radius 3 is 2.24 bits per heavy atom. The van der Waals surface area contributed by atoms with Crippen molar-refractivity contribution in [2.75, 3.05) is 0 Å². The minimum atomic E-state index is -0.929. The molecule has 1 aliphatic rings. The molecule has 0 aliphatic carbocycles. The highest BCUT2D eigenvalue weighted by molar-refractivity contribution is 8.00. The van der Waals surface area contributed by atoms with Gasteiger partial charge in [-0.05, 0) is 40.3 Å². The van der Waals surface area contributed by atoms with Crippen molar-refractivity contribution in [3.05, 3.63) is 120 Å². The van der Waals surface area contributed by atoms with E-state index in [1.807, 2.05) is 66.7 Å². The van der Waals surface area contributed by atoms with E-state index in [4.69, 9.17) is 4.74 Å². The number of fused-ring (bicyclic) bond motifs is 1. The van der Waals surface area contributed by atoms with Crippen molar-refractivity contribution in [2.45, 2.75) is 35.9 Å². The second-order valence-corrected chi connectivity index (χ2v) is 9.83. The van der Waals surface area contributed by atoms with Gasteiger partial charge < -0.3 is 4.74 Å². The fourth-order valence-corrected chi connectivity index (χ4v) is 5.77. The lowest BCUT2D eigenvalue weighted by Crippen LogP contribution is -2.47. The second kappa shape index (κ2) is 9.86. The van der Waals surface area contributed by atoms with Crippen molar-refractivity contribution in [3.63, 3.8) is 0 Å². The molecule has 0 saturated carbocycles. The summed E-state index contributed by atoms with van der Waals surface area (Å²) in [4.78, 5) is 26.6. The Bertz CT molecular complexity index is 1280. The molecule has 1 saturated heterocycles. The van der Waals surface area contributed by atoms with Crippen LogP contribution in [0.1, 0.15) is 29.5 Å². The summed E-state index contributed by atoms with van der Waals surface area (Å²) >= 11 is 1.37. The van der Waals surface area contributed by atoms with Gasteiger partial charge in [0.2, 0.25) is 0 Å². The Balaban J connectivity index is 1.36. The number of benzene rings is 4. The largest absolute Gasteiger partial charge is 0.453 e. The summed E-state index contributed by atoms with van der Waals surface area (Å²) in [7, 11) is 0. The molecule has 0 bridgehead atoms. The predicted octanol–water partition coefficient (Wildman–Crippen LogP) is 6.49. The van der Waals surface area contributed by atoms with Crippen LogP contribution in [0.25, 0.3) is 10.8 Å². The fourth-order valence-electron chi connectivity index (χ4n) is 4.72. The molecule has 34 heavy (non-hydrogen) atoms. The molecule has 4 aromatic rings. The third-order valence-corrected chi connectivity index (χ3v) is 7.77. The Hall–Kier alpha value is -3.37. The smallest absolute Gasteiger partial charge is 0.327 e. The first kappa shape index (κ1) is 22.4. The Labute approximate surface area is 204 Å². The highest BCUT2D eigenvalue weighted by atomic mass is 32.2. The number of hydrogen-bond donors (Lipinski definition) is 0. The van der Waals surface area contributed by atoms with Crippen LogP contribution < -0.4 is 0 Å². The van der Waals surface area contributed by atoms with Gasteiger partial charge in [0.15, 0.2) is 11.0 Å². The molecule has 1 fully saturated rings. The second-order valence-electron chi connectivity index (χ2n) is 8.74. The zero-order valence-electron chi connectivity index (χ0n) is 18.9. The summed E-state index contributed by atoms with van der Waals surface area (Å²) < 4.78 is 6.16. The molecule has 4 heteroatoms. The number of ether oxygens (including phenoxy) is 1. The van der Waals surface area contributed by atoms with E-state index >= 15 is 0 Å². The highest BCUT2D eigenvalue weighted by Gasteiger charge is 2.48. The van der Waals surface area contributed by atoms with Crippen LogP contribution in [0.5, 0.6) is 0 Å². The van der Waals surface area contributed by atoms with E-state index in [0.717, 1.165) is 33.9 Å². The summed E-state index contributed by atoms with van der Waals surface area (Å²) in [5.74, 6) is 0.0895. The van der Waals surface area contributed by atoms with E-state index < -0.39 is 16.8 Å². The van der Waals surface area contributed by atoms with Crippen LogP contribution in [-0.4, -0.2) is 17.0 Å². The van der Waals surface area contributed by atoms with Crippen molar-refractivity contribution in [1.82, 2.24) is 0 Å². The molecule has 3 nitrogen and oxygen atoms in total. The number of Topliss-reactive ketones (excluding diaryl/α,β-unsaturated/α-hetero) is 1. The first-order valence-electron chi connectivity index (χ1n) is 11.6. The SMILES string of the molecule is O=C1CC(CCc2ccccc2)(c2ccccc2)OC(=O)C1SCc1cccc2ccccc12. The van der Waals surface area contributed by atoms with E-state index in [2.05, 4.69) is 36.4 Å². The standard InChI is InChI=1S/C30H26O3S/c31-27-20-30(25-15-5-2-6-16-25,19-18-22-10-3-1-4-11-22)33-29(32)28(27)34-21-24-14-9-13-23-12-7-8-17-26(23)24/h1-17,28H,18-21H2. The molecule has 2 unspecified atom stereocenters. The van der Waals surface area contributed by atoms with E-state index in [-0.39, 0.29) is 12.2 Å². The van der Waals surface area contributed by atoms with Gasteiger partial charge >= 0.3 is 5.97 Å². The molecule has 2 atom stereocenters. The number of aryl methyl sites for hydroxylation is 1. The normalized spacial score (nSPS) is 20.3. The van der Waals surface area contributed by atoms with Crippen LogP contribution in [0, 0.1) is 0 Å².